The first kappa shape index (κ1) is 19.4. The number of hydrogen-bond acceptors (Lipinski definition) is 4. The summed E-state index contributed by atoms with van der Waals surface area (Å²) in [6.07, 6.45) is 0. The van der Waals surface area contributed by atoms with Crippen LogP contribution in [0.15, 0.2) is 54.6 Å². The molecule has 0 aliphatic heterocycles. The molecule has 1 aromatic heterocycles. The molecule has 1 atom stereocenters. The molecule has 0 radical (unpaired) electrons. The number of carbonyl (C=O) groups is 1. The lowest BCUT2D eigenvalue weighted by Gasteiger charge is -2.20. The van der Waals surface area contributed by atoms with E-state index in [1.54, 1.807) is 18.2 Å². The Morgan fingerprint density at radius 2 is 1.78 bits per heavy atom. The van der Waals surface area contributed by atoms with E-state index < -0.39 is 13.5 Å². The van der Waals surface area contributed by atoms with Gasteiger partial charge in [-0.15, -0.1) is 11.3 Å². The number of benzene rings is 2. The lowest BCUT2D eigenvalue weighted by Crippen LogP contribution is -2.16. The maximum absolute atomic E-state index is 13.4. The van der Waals surface area contributed by atoms with Gasteiger partial charge in [-0.2, -0.15) is 0 Å². The van der Waals surface area contributed by atoms with E-state index in [0.29, 0.717) is 5.30 Å². The molecule has 7 heteroatoms. The van der Waals surface area contributed by atoms with Crippen molar-refractivity contribution < 1.29 is 19.0 Å². The zero-order valence-corrected chi connectivity index (χ0v) is 16.9. The van der Waals surface area contributed by atoms with Gasteiger partial charge in [0.25, 0.3) is 0 Å². The Balaban J connectivity index is 2.05. The fraction of sp³-hybridized carbons (Fsp3) is 0.150. The number of thiophene rings is 1. The summed E-state index contributed by atoms with van der Waals surface area (Å²) in [5.74, 6) is -1.08. The Bertz CT molecular complexity index is 1030. The summed E-state index contributed by atoms with van der Waals surface area (Å²) in [6, 6.07) is 16.7. The van der Waals surface area contributed by atoms with Crippen molar-refractivity contribution in [3.63, 3.8) is 0 Å². The Labute approximate surface area is 162 Å². The fourth-order valence-corrected chi connectivity index (χ4v) is 5.51. The Morgan fingerprint density at radius 1 is 1.11 bits per heavy atom. The van der Waals surface area contributed by atoms with E-state index in [2.05, 4.69) is 5.09 Å². The molecule has 3 aromatic rings. The first-order valence-electron chi connectivity index (χ1n) is 8.28. The topological polar surface area (TPSA) is 75.6 Å². The summed E-state index contributed by atoms with van der Waals surface area (Å²) in [4.78, 5) is 12.6. The number of hydrogen-bond donors (Lipinski definition) is 2. The lowest BCUT2D eigenvalue weighted by molar-refractivity contribution is 0.0703. The van der Waals surface area contributed by atoms with Crippen molar-refractivity contribution in [2.75, 3.05) is 12.2 Å². The number of nitrogens with one attached hydrogen (secondary N) is 1. The lowest BCUT2D eigenvalue weighted by atomic mass is 10.1. The molecule has 0 bridgehead atoms. The van der Waals surface area contributed by atoms with Crippen LogP contribution in [0.1, 0.15) is 20.8 Å². The van der Waals surface area contributed by atoms with Gasteiger partial charge in [-0.1, -0.05) is 48.0 Å². The standard InChI is InChI=1S/C20H20NO4PS/c1-13-8-10-15(11-9-13)18-12-16(19(27-18)20(22)23)21-26(24,25-3)17-7-5-4-6-14(17)2/h4-12H,1-3H3,(H,21,24)(H,22,23). The first-order valence-corrected chi connectivity index (χ1v) is 10.7. The molecule has 0 saturated heterocycles. The van der Waals surface area contributed by atoms with Gasteiger partial charge < -0.3 is 14.7 Å². The van der Waals surface area contributed by atoms with Crippen molar-refractivity contribution in [1.82, 2.24) is 0 Å². The third kappa shape index (κ3) is 3.98. The Hall–Kier alpha value is -2.40. The molecule has 5 nitrogen and oxygen atoms in total. The number of aromatic carboxylic acids is 1. The summed E-state index contributed by atoms with van der Waals surface area (Å²) in [7, 11) is -2.12. The third-order valence-electron chi connectivity index (χ3n) is 4.22. The van der Waals surface area contributed by atoms with Gasteiger partial charge in [-0.25, -0.2) is 4.79 Å². The molecule has 0 aliphatic rings. The minimum absolute atomic E-state index is 0.0939. The molecule has 0 saturated carbocycles. The zero-order chi connectivity index (χ0) is 19.6. The van der Waals surface area contributed by atoms with Crippen LogP contribution in [0.5, 0.6) is 0 Å². The summed E-state index contributed by atoms with van der Waals surface area (Å²) in [5.41, 5.74) is 3.12. The monoisotopic (exact) mass is 401 g/mol. The van der Waals surface area contributed by atoms with Gasteiger partial charge in [0.1, 0.15) is 4.88 Å². The first-order chi connectivity index (χ1) is 12.8. The van der Waals surface area contributed by atoms with Crippen LogP contribution in [0.25, 0.3) is 10.4 Å². The summed E-state index contributed by atoms with van der Waals surface area (Å²) < 4.78 is 18.7. The predicted molar refractivity (Wildman–Crippen MR) is 111 cm³/mol. The Kier molecular flexibility index (Phi) is 5.51. The maximum atomic E-state index is 13.4. The smallest absolute Gasteiger partial charge is 0.348 e. The van der Waals surface area contributed by atoms with Crippen LogP contribution in [0.2, 0.25) is 0 Å². The molecule has 0 amide bonds. The molecule has 2 N–H and O–H groups in total. The number of carboxylic acids is 1. The molecule has 0 aliphatic carbocycles. The van der Waals surface area contributed by atoms with Crippen LogP contribution < -0.4 is 10.4 Å². The minimum atomic E-state index is -3.47. The normalized spacial score (nSPS) is 13.1. The summed E-state index contributed by atoms with van der Waals surface area (Å²) in [6.45, 7) is 3.83. The SMILES string of the molecule is COP(=O)(Nc1cc(-c2ccc(C)cc2)sc1C(=O)O)c1ccccc1C. The fourth-order valence-electron chi connectivity index (χ4n) is 2.75. The van der Waals surface area contributed by atoms with Crippen molar-refractivity contribution in [2.24, 2.45) is 0 Å². The van der Waals surface area contributed by atoms with Crippen molar-refractivity contribution in [3.8, 4) is 10.4 Å². The molecular formula is C20H20NO4PS. The quantitative estimate of drug-likeness (QED) is 0.548. The van der Waals surface area contributed by atoms with E-state index in [9.17, 15) is 14.5 Å². The van der Waals surface area contributed by atoms with E-state index in [1.165, 1.54) is 7.11 Å². The second-order valence-corrected chi connectivity index (χ2v) is 9.38. The number of anilines is 1. The maximum Gasteiger partial charge on any atom is 0.348 e. The molecule has 3 rings (SSSR count). The van der Waals surface area contributed by atoms with E-state index in [0.717, 1.165) is 32.9 Å². The molecular weight excluding hydrogens is 381 g/mol. The highest BCUT2D eigenvalue weighted by Crippen LogP contribution is 2.48. The van der Waals surface area contributed by atoms with Gasteiger partial charge in [0.05, 0.1) is 11.0 Å². The van der Waals surface area contributed by atoms with E-state index in [4.69, 9.17) is 4.52 Å². The zero-order valence-electron chi connectivity index (χ0n) is 15.2. The van der Waals surface area contributed by atoms with Crippen molar-refractivity contribution in [3.05, 3.63) is 70.6 Å². The molecule has 0 fully saturated rings. The van der Waals surface area contributed by atoms with E-state index >= 15 is 0 Å². The second kappa shape index (κ2) is 7.69. The van der Waals surface area contributed by atoms with Gasteiger partial charge in [0.2, 0.25) is 0 Å². The highest BCUT2D eigenvalue weighted by atomic mass is 32.1. The molecule has 2 aromatic carbocycles. The van der Waals surface area contributed by atoms with Crippen molar-refractivity contribution >= 4 is 35.8 Å². The summed E-state index contributed by atoms with van der Waals surface area (Å²) in [5, 5.41) is 13.0. The van der Waals surface area contributed by atoms with Crippen LogP contribution in [0, 0.1) is 13.8 Å². The van der Waals surface area contributed by atoms with Gasteiger partial charge in [0, 0.05) is 12.0 Å². The van der Waals surface area contributed by atoms with Gasteiger partial charge in [-0.05, 0) is 37.1 Å². The molecule has 140 valence electrons. The van der Waals surface area contributed by atoms with E-state index in [-0.39, 0.29) is 10.6 Å². The summed E-state index contributed by atoms with van der Waals surface area (Å²) >= 11 is 1.14. The molecule has 1 unspecified atom stereocenters. The van der Waals surface area contributed by atoms with Crippen LogP contribution in [-0.2, 0) is 9.09 Å². The largest absolute Gasteiger partial charge is 0.477 e. The average molecular weight is 401 g/mol. The van der Waals surface area contributed by atoms with Crippen LogP contribution >= 0.6 is 18.9 Å². The van der Waals surface area contributed by atoms with Crippen molar-refractivity contribution in [1.29, 1.82) is 0 Å². The minimum Gasteiger partial charge on any atom is -0.477 e. The Morgan fingerprint density at radius 3 is 2.37 bits per heavy atom. The molecule has 1 heterocycles. The van der Waals surface area contributed by atoms with Crippen LogP contribution in [0.3, 0.4) is 0 Å². The predicted octanol–water partition coefficient (Wildman–Crippen LogP) is 5.31. The third-order valence-corrected chi connectivity index (χ3v) is 7.58. The highest BCUT2D eigenvalue weighted by Gasteiger charge is 2.29. The van der Waals surface area contributed by atoms with Crippen molar-refractivity contribution in [2.45, 2.75) is 13.8 Å². The van der Waals surface area contributed by atoms with Gasteiger partial charge in [-0.3, -0.25) is 4.57 Å². The number of carboxylic acid groups (broad SMARTS) is 1. The van der Waals surface area contributed by atoms with Gasteiger partial charge in [0.15, 0.2) is 0 Å². The second-order valence-electron chi connectivity index (χ2n) is 6.16. The van der Waals surface area contributed by atoms with Gasteiger partial charge >= 0.3 is 13.5 Å². The highest BCUT2D eigenvalue weighted by molar-refractivity contribution is 7.68. The molecule has 0 spiro atoms. The number of rotatable bonds is 6. The van der Waals surface area contributed by atoms with E-state index in [1.807, 2.05) is 50.2 Å². The van der Waals surface area contributed by atoms with Crippen LogP contribution in [0.4, 0.5) is 5.69 Å². The number of aryl methyl sites for hydroxylation is 2. The molecule has 27 heavy (non-hydrogen) atoms. The average Bonchev–Trinajstić information content (AvgIpc) is 3.06. The van der Waals surface area contributed by atoms with Crippen LogP contribution in [-0.4, -0.2) is 18.2 Å².